The lowest BCUT2D eigenvalue weighted by Crippen LogP contribution is -1.93. The van der Waals surface area contributed by atoms with E-state index in [1.54, 1.807) is 0 Å². The molecular formula is C16H23O. The lowest BCUT2D eigenvalue weighted by atomic mass is 10.1. The van der Waals surface area contributed by atoms with Crippen molar-refractivity contribution in [3.63, 3.8) is 0 Å². The third-order valence-corrected chi connectivity index (χ3v) is 2.68. The average Bonchev–Trinajstić information content (AvgIpc) is 2.36. The minimum Gasteiger partial charge on any atom is -0.493 e. The summed E-state index contributed by atoms with van der Waals surface area (Å²) < 4.78 is 5.55. The van der Waals surface area contributed by atoms with Crippen LogP contribution >= 0.6 is 0 Å². The van der Waals surface area contributed by atoms with Crippen LogP contribution in [0.4, 0.5) is 0 Å². The molecule has 0 spiro atoms. The maximum atomic E-state index is 5.55. The van der Waals surface area contributed by atoms with Crippen LogP contribution in [0.1, 0.15) is 51.5 Å². The van der Waals surface area contributed by atoms with Crippen LogP contribution in [-0.4, -0.2) is 6.61 Å². The minimum atomic E-state index is 0.704. The van der Waals surface area contributed by atoms with Crippen molar-refractivity contribution < 1.29 is 4.74 Å². The number of benzene rings is 1. The highest BCUT2D eigenvalue weighted by Gasteiger charge is 1.97. The van der Waals surface area contributed by atoms with Crippen molar-refractivity contribution >= 4 is 6.08 Å². The lowest BCUT2D eigenvalue weighted by Gasteiger charge is -2.05. The predicted octanol–water partition coefficient (Wildman–Crippen LogP) is 4.87. The molecule has 0 saturated heterocycles. The van der Waals surface area contributed by atoms with Gasteiger partial charge in [0, 0.05) is 5.56 Å². The van der Waals surface area contributed by atoms with Crippen LogP contribution in [0.3, 0.4) is 0 Å². The molecule has 0 heterocycles. The fourth-order valence-corrected chi connectivity index (χ4v) is 1.74. The second-order valence-electron chi connectivity index (χ2n) is 4.15. The number of hydrogen-bond donors (Lipinski definition) is 0. The van der Waals surface area contributed by atoms with E-state index in [1.807, 2.05) is 25.1 Å². The van der Waals surface area contributed by atoms with Gasteiger partial charge >= 0.3 is 0 Å². The molecule has 0 N–H and O–H groups in total. The monoisotopic (exact) mass is 231 g/mol. The van der Waals surface area contributed by atoms with Crippen molar-refractivity contribution in [3.05, 3.63) is 35.9 Å². The highest BCUT2D eigenvalue weighted by Crippen LogP contribution is 2.19. The molecule has 0 aliphatic carbocycles. The second kappa shape index (κ2) is 8.86. The predicted molar refractivity (Wildman–Crippen MR) is 74.2 cm³/mol. The first-order valence-electron chi connectivity index (χ1n) is 6.68. The maximum absolute atomic E-state index is 5.55. The van der Waals surface area contributed by atoms with Crippen LogP contribution in [0.25, 0.3) is 6.08 Å². The van der Waals surface area contributed by atoms with Crippen molar-refractivity contribution in [2.24, 2.45) is 0 Å². The average molecular weight is 231 g/mol. The Hall–Kier alpha value is -1.24. The molecule has 93 valence electrons. The van der Waals surface area contributed by atoms with E-state index in [0.717, 1.165) is 17.7 Å². The maximum Gasteiger partial charge on any atom is 0.127 e. The van der Waals surface area contributed by atoms with Gasteiger partial charge in [0.05, 0.1) is 6.61 Å². The molecule has 1 radical (unpaired) electrons. The molecule has 0 aliphatic heterocycles. The van der Waals surface area contributed by atoms with Gasteiger partial charge in [-0.3, -0.25) is 0 Å². The Morgan fingerprint density at radius 3 is 2.88 bits per heavy atom. The first-order chi connectivity index (χ1) is 8.38. The molecule has 0 bridgehead atoms. The van der Waals surface area contributed by atoms with Crippen LogP contribution in [-0.2, 0) is 0 Å². The van der Waals surface area contributed by atoms with Gasteiger partial charge in [0.25, 0.3) is 0 Å². The first-order valence-corrected chi connectivity index (χ1v) is 6.68. The normalized spacial score (nSPS) is 10.9. The highest BCUT2D eigenvalue weighted by molar-refractivity contribution is 5.56. The van der Waals surface area contributed by atoms with Crippen molar-refractivity contribution in [3.8, 4) is 5.75 Å². The van der Waals surface area contributed by atoms with E-state index in [0.29, 0.717) is 6.61 Å². The lowest BCUT2D eigenvalue weighted by molar-refractivity contribution is 0.339. The Morgan fingerprint density at radius 2 is 2.12 bits per heavy atom. The summed E-state index contributed by atoms with van der Waals surface area (Å²) in [6, 6.07) is 8.93. The smallest absolute Gasteiger partial charge is 0.127 e. The van der Waals surface area contributed by atoms with Crippen LogP contribution in [0.2, 0.25) is 0 Å². The summed E-state index contributed by atoms with van der Waals surface area (Å²) in [5, 5.41) is 0. The summed E-state index contributed by atoms with van der Waals surface area (Å²) in [4.78, 5) is 0. The SMILES string of the molecule is CCCCCC/C=C/c1cc[c]cc1OCC. The molecule has 17 heavy (non-hydrogen) atoms. The van der Waals surface area contributed by atoms with Crippen molar-refractivity contribution in [2.75, 3.05) is 6.61 Å². The molecule has 0 saturated carbocycles. The van der Waals surface area contributed by atoms with E-state index in [9.17, 15) is 0 Å². The van der Waals surface area contributed by atoms with E-state index >= 15 is 0 Å². The largest absolute Gasteiger partial charge is 0.493 e. The van der Waals surface area contributed by atoms with E-state index in [2.05, 4.69) is 25.1 Å². The Morgan fingerprint density at radius 1 is 1.24 bits per heavy atom. The molecule has 1 aromatic carbocycles. The Balaban J connectivity index is 2.41. The van der Waals surface area contributed by atoms with Gasteiger partial charge < -0.3 is 4.74 Å². The molecule has 0 aliphatic rings. The summed E-state index contributed by atoms with van der Waals surface area (Å²) in [5.41, 5.74) is 1.15. The summed E-state index contributed by atoms with van der Waals surface area (Å²) >= 11 is 0. The number of ether oxygens (including phenoxy) is 1. The number of rotatable bonds is 8. The third-order valence-electron chi connectivity index (χ3n) is 2.68. The molecular weight excluding hydrogens is 208 g/mol. The fourth-order valence-electron chi connectivity index (χ4n) is 1.74. The Kier molecular flexibility index (Phi) is 7.20. The van der Waals surface area contributed by atoms with E-state index < -0.39 is 0 Å². The highest BCUT2D eigenvalue weighted by atomic mass is 16.5. The Labute approximate surface area is 106 Å². The van der Waals surface area contributed by atoms with Gasteiger partial charge in [0.15, 0.2) is 0 Å². The van der Waals surface area contributed by atoms with Crippen molar-refractivity contribution in [1.82, 2.24) is 0 Å². The number of hydrogen-bond acceptors (Lipinski definition) is 1. The zero-order chi connectivity index (χ0) is 12.3. The molecule has 0 unspecified atom stereocenters. The van der Waals surface area contributed by atoms with Gasteiger partial charge in [0.2, 0.25) is 0 Å². The summed E-state index contributed by atoms with van der Waals surface area (Å²) in [7, 11) is 0. The van der Waals surface area contributed by atoms with Crippen LogP contribution in [0.5, 0.6) is 5.75 Å². The van der Waals surface area contributed by atoms with E-state index in [-0.39, 0.29) is 0 Å². The number of allylic oxidation sites excluding steroid dienone is 1. The van der Waals surface area contributed by atoms with E-state index in [4.69, 9.17) is 4.74 Å². The van der Waals surface area contributed by atoms with Crippen molar-refractivity contribution in [1.29, 1.82) is 0 Å². The summed E-state index contributed by atoms with van der Waals surface area (Å²) in [6.07, 6.45) is 10.8. The molecule has 1 rings (SSSR count). The van der Waals surface area contributed by atoms with Gasteiger partial charge in [-0.1, -0.05) is 50.5 Å². The van der Waals surface area contributed by atoms with Crippen LogP contribution in [0, 0.1) is 6.07 Å². The molecule has 0 amide bonds. The minimum absolute atomic E-state index is 0.704. The topological polar surface area (TPSA) is 9.23 Å². The molecule has 1 heteroatoms. The first kappa shape index (κ1) is 13.8. The van der Waals surface area contributed by atoms with Gasteiger partial charge in [-0.2, -0.15) is 0 Å². The van der Waals surface area contributed by atoms with Gasteiger partial charge in [-0.25, -0.2) is 0 Å². The summed E-state index contributed by atoms with van der Waals surface area (Å²) in [5.74, 6) is 0.930. The quantitative estimate of drug-likeness (QED) is 0.580. The van der Waals surface area contributed by atoms with Crippen molar-refractivity contribution in [2.45, 2.75) is 46.0 Å². The molecule has 1 nitrogen and oxygen atoms in total. The fraction of sp³-hybridized carbons (Fsp3) is 0.500. The number of unbranched alkanes of at least 4 members (excludes halogenated alkanes) is 4. The molecule has 0 atom stereocenters. The van der Waals surface area contributed by atoms with Gasteiger partial charge in [0.1, 0.15) is 5.75 Å². The molecule has 1 aromatic rings. The Bertz CT molecular complexity index is 328. The molecule has 0 fully saturated rings. The third kappa shape index (κ3) is 5.58. The van der Waals surface area contributed by atoms with E-state index in [1.165, 1.54) is 25.7 Å². The van der Waals surface area contributed by atoms with Crippen LogP contribution < -0.4 is 4.74 Å². The zero-order valence-electron chi connectivity index (χ0n) is 11.0. The van der Waals surface area contributed by atoms with Gasteiger partial charge in [-0.15, -0.1) is 0 Å². The van der Waals surface area contributed by atoms with Crippen LogP contribution in [0.15, 0.2) is 24.3 Å². The summed E-state index contributed by atoms with van der Waals surface area (Å²) in [6.45, 7) is 4.95. The molecule has 0 aromatic heterocycles. The van der Waals surface area contributed by atoms with Gasteiger partial charge in [-0.05, 0) is 31.9 Å². The zero-order valence-corrected chi connectivity index (χ0v) is 11.0. The second-order valence-corrected chi connectivity index (χ2v) is 4.15. The standard InChI is InChI=1S/C16H23O/c1-3-5-6-7-8-9-12-15-13-10-11-14-16(15)17-4-2/h9-10,12-14H,3-8H2,1-2H3/b12-9+.